The molecule has 0 radical (unpaired) electrons. The summed E-state index contributed by atoms with van der Waals surface area (Å²) in [5.74, 6) is 0.686. The lowest BCUT2D eigenvalue weighted by molar-refractivity contribution is -0.117. The fourth-order valence-corrected chi connectivity index (χ4v) is 3.40. The fourth-order valence-electron chi connectivity index (χ4n) is 3.40. The van der Waals surface area contributed by atoms with Gasteiger partial charge in [-0.05, 0) is 48.9 Å². The molecule has 0 aliphatic carbocycles. The van der Waals surface area contributed by atoms with Crippen molar-refractivity contribution in [2.75, 3.05) is 23.9 Å². The Morgan fingerprint density at radius 1 is 1.26 bits per heavy atom. The van der Waals surface area contributed by atoms with Gasteiger partial charge in [0, 0.05) is 37.1 Å². The molecule has 1 aliphatic heterocycles. The molecule has 1 aliphatic rings. The van der Waals surface area contributed by atoms with Gasteiger partial charge in [0.25, 0.3) is 0 Å². The molecule has 1 N–H and O–H groups in total. The number of hydrogen-bond donors (Lipinski definition) is 1. The molecular weight excluding hydrogens is 403 g/mol. The van der Waals surface area contributed by atoms with Crippen LogP contribution in [0.25, 0.3) is 11.4 Å². The van der Waals surface area contributed by atoms with Gasteiger partial charge in [-0.15, -0.1) is 0 Å². The predicted octanol–water partition coefficient (Wildman–Crippen LogP) is 3.58. The van der Waals surface area contributed by atoms with Crippen LogP contribution in [0.15, 0.2) is 47.0 Å². The minimum Gasteiger partial charge on any atom is -0.495 e. The van der Waals surface area contributed by atoms with Crippen molar-refractivity contribution in [3.63, 3.8) is 0 Å². The predicted molar refractivity (Wildman–Crippen MR) is 111 cm³/mol. The number of aromatic nitrogens is 2. The van der Waals surface area contributed by atoms with Gasteiger partial charge < -0.3 is 19.5 Å². The Hall–Kier alpha value is -3.75. The number of hydrogen-bond acceptors (Lipinski definition) is 6. The quantitative estimate of drug-likeness (QED) is 0.623. The van der Waals surface area contributed by atoms with E-state index in [2.05, 4.69) is 15.5 Å². The Morgan fingerprint density at radius 3 is 2.77 bits per heavy atom. The average Bonchev–Trinajstić information content (AvgIpc) is 3.42. The lowest BCUT2D eigenvalue weighted by Crippen LogP contribution is -2.24. The summed E-state index contributed by atoms with van der Waals surface area (Å²) in [6, 6.07) is 10.9. The summed E-state index contributed by atoms with van der Waals surface area (Å²) in [6.45, 7) is 0.625. The lowest BCUT2D eigenvalue weighted by atomic mass is 10.2. The van der Waals surface area contributed by atoms with Gasteiger partial charge in [0.15, 0.2) is 0 Å². The molecule has 31 heavy (non-hydrogen) atoms. The molecule has 0 atom stereocenters. The Labute approximate surface area is 178 Å². The number of aryl methyl sites for hydroxylation is 1. The van der Waals surface area contributed by atoms with E-state index in [4.69, 9.17) is 9.26 Å². The van der Waals surface area contributed by atoms with Crippen molar-refractivity contribution < 1.29 is 23.2 Å². The van der Waals surface area contributed by atoms with Crippen molar-refractivity contribution in [2.24, 2.45) is 0 Å². The zero-order valence-corrected chi connectivity index (χ0v) is 16.9. The molecular formula is C22H21FN4O4. The Morgan fingerprint density at radius 2 is 2.06 bits per heavy atom. The molecule has 0 unspecified atom stereocenters. The van der Waals surface area contributed by atoms with Gasteiger partial charge in [-0.3, -0.25) is 9.59 Å². The van der Waals surface area contributed by atoms with Crippen LogP contribution in [-0.4, -0.2) is 35.6 Å². The average molecular weight is 424 g/mol. The second-order valence-electron chi connectivity index (χ2n) is 7.10. The van der Waals surface area contributed by atoms with Crippen LogP contribution in [0.3, 0.4) is 0 Å². The highest BCUT2D eigenvalue weighted by Gasteiger charge is 2.25. The van der Waals surface area contributed by atoms with Crippen molar-refractivity contribution in [1.29, 1.82) is 0 Å². The first kappa shape index (κ1) is 20.5. The van der Waals surface area contributed by atoms with Crippen molar-refractivity contribution in [3.05, 3.63) is 54.2 Å². The van der Waals surface area contributed by atoms with E-state index in [1.807, 2.05) is 0 Å². The molecule has 2 amide bonds. The number of halogens is 1. The summed E-state index contributed by atoms with van der Waals surface area (Å²) >= 11 is 0. The van der Waals surface area contributed by atoms with Crippen LogP contribution in [0.2, 0.25) is 0 Å². The van der Waals surface area contributed by atoms with Crippen LogP contribution < -0.4 is 15.0 Å². The number of nitrogens with zero attached hydrogens (tertiary/aromatic N) is 3. The van der Waals surface area contributed by atoms with E-state index < -0.39 is 0 Å². The third kappa shape index (κ3) is 4.71. The summed E-state index contributed by atoms with van der Waals surface area (Å²) in [7, 11) is 1.54. The molecule has 2 aromatic carbocycles. The fraction of sp³-hybridized carbons (Fsp3) is 0.273. The van der Waals surface area contributed by atoms with Gasteiger partial charge in [-0.1, -0.05) is 5.16 Å². The first-order chi connectivity index (χ1) is 15.0. The Bertz CT molecular complexity index is 1100. The SMILES string of the molecule is COc1ccc(NC(=O)CCc2nc(-c3ccc(F)cc3)no2)cc1N1CCCC1=O. The van der Waals surface area contributed by atoms with Gasteiger partial charge >= 0.3 is 0 Å². The van der Waals surface area contributed by atoms with Crippen LogP contribution in [0.4, 0.5) is 15.8 Å². The van der Waals surface area contributed by atoms with Crippen molar-refractivity contribution in [1.82, 2.24) is 10.1 Å². The zero-order chi connectivity index (χ0) is 21.8. The number of rotatable bonds is 7. The molecule has 160 valence electrons. The molecule has 0 saturated carbocycles. The second kappa shape index (κ2) is 8.95. The summed E-state index contributed by atoms with van der Waals surface area (Å²) in [4.78, 5) is 30.4. The van der Waals surface area contributed by atoms with E-state index in [9.17, 15) is 14.0 Å². The first-order valence-corrected chi connectivity index (χ1v) is 9.90. The number of amides is 2. The number of methoxy groups -OCH3 is 1. The van der Waals surface area contributed by atoms with Crippen molar-refractivity contribution in [2.45, 2.75) is 25.7 Å². The van der Waals surface area contributed by atoms with Crippen molar-refractivity contribution in [3.8, 4) is 17.1 Å². The third-order valence-corrected chi connectivity index (χ3v) is 4.96. The molecule has 1 aromatic heterocycles. The van der Waals surface area contributed by atoms with E-state index >= 15 is 0 Å². The van der Waals surface area contributed by atoms with Crippen LogP contribution >= 0.6 is 0 Å². The maximum absolute atomic E-state index is 13.0. The number of carbonyl (C=O) groups is 2. The van der Waals surface area contributed by atoms with Crippen LogP contribution in [0.1, 0.15) is 25.2 Å². The summed E-state index contributed by atoms with van der Waals surface area (Å²) < 4.78 is 23.6. The topological polar surface area (TPSA) is 97.6 Å². The van der Waals surface area contributed by atoms with Crippen molar-refractivity contribution >= 4 is 23.2 Å². The van der Waals surface area contributed by atoms with E-state index in [-0.39, 0.29) is 30.5 Å². The zero-order valence-electron chi connectivity index (χ0n) is 16.9. The van der Waals surface area contributed by atoms with E-state index in [0.717, 1.165) is 6.42 Å². The number of anilines is 2. The van der Waals surface area contributed by atoms with Crippen LogP contribution in [-0.2, 0) is 16.0 Å². The lowest BCUT2D eigenvalue weighted by Gasteiger charge is -2.20. The molecule has 1 fully saturated rings. The van der Waals surface area contributed by atoms with Gasteiger partial charge in [0.2, 0.25) is 23.5 Å². The molecule has 0 bridgehead atoms. The number of nitrogens with one attached hydrogen (secondary N) is 1. The normalized spacial score (nSPS) is 13.5. The highest BCUT2D eigenvalue weighted by atomic mass is 19.1. The maximum Gasteiger partial charge on any atom is 0.227 e. The molecule has 2 heterocycles. The van der Waals surface area contributed by atoms with Crippen LogP contribution in [0, 0.1) is 5.82 Å². The third-order valence-electron chi connectivity index (χ3n) is 4.96. The van der Waals surface area contributed by atoms with Gasteiger partial charge in [0.05, 0.1) is 12.8 Å². The van der Waals surface area contributed by atoms with Gasteiger partial charge in [-0.2, -0.15) is 4.98 Å². The monoisotopic (exact) mass is 424 g/mol. The summed E-state index contributed by atoms with van der Waals surface area (Å²) in [6.07, 6.45) is 1.69. The smallest absolute Gasteiger partial charge is 0.227 e. The van der Waals surface area contributed by atoms with Gasteiger partial charge in [0.1, 0.15) is 11.6 Å². The number of ether oxygens (including phenoxy) is 1. The molecule has 4 rings (SSSR count). The minimum absolute atomic E-state index is 0.0372. The van der Waals surface area contributed by atoms with Crippen LogP contribution in [0.5, 0.6) is 5.75 Å². The maximum atomic E-state index is 13.0. The van der Waals surface area contributed by atoms with E-state index in [1.54, 1.807) is 42.3 Å². The standard InChI is InChI=1S/C22H21FN4O4/c1-30-18-9-8-16(13-17(18)27-12-2-3-21(27)29)24-19(28)10-11-20-25-22(26-31-20)14-4-6-15(23)7-5-14/h4-9,13H,2-3,10-12H2,1H3,(H,24,28). The number of carbonyl (C=O) groups excluding carboxylic acids is 2. The molecule has 0 spiro atoms. The Balaban J connectivity index is 1.38. The Kier molecular flexibility index (Phi) is 5.92. The van der Waals surface area contributed by atoms with Gasteiger partial charge in [-0.25, -0.2) is 4.39 Å². The second-order valence-corrected chi connectivity index (χ2v) is 7.10. The molecule has 1 saturated heterocycles. The number of benzene rings is 2. The highest BCUT2D eigenvalue weighted by Crippen LogP contribution is 2.34. The first-order valence-electron chi connectivity index (χ1n) is 9.90. The molecule has 8 nitrogen and oxygen atoms in total. The highest BCUT2D eigenvalue weighted by molar-refractivity contribution is 5.98. The minimum atomic E-state index is -0.347. The summed E-state index contributed by atoms with van der Waals surface area (Å²) in [5, 5.41) is 6.69. The van der Waals surface area contributed by atoms with E-state index in [1.165, 1.54) is 12.1 Å². The molecule has 3 aromatic rings. The molecule has 9 heteroatoms. The largest absolute Gasteiger partial charge is 0.495 e. The van der Waals surface area contributed by atoms with E-state index in [0.29, 0.717) is 47.4 Å². The summed E-state index contributed by atoms with van der Waals surface area (Å²) in [5.41, 5.74) is 1.84.